The van der Waals surface area contributed by atoms with E-state index >= 15 is 0 Å². The first kappa shape index (κ1) is 10.6. The summed E-state index contributed by atoms with van der Waals surface area (Å²) in [7, 11) is 1.32. The van der Waals surface area contributed by atoms with Gasteiger partial charge in [-0.3, -0.25) is 9.78 Å². The van der Waals surface area contributed by atoms with E-state index in [-0.39, 0.29) is 22.7 Å². The molecule has 5 heteroatoms. The summed E-state index contributed by atoms with van der Waals surface area (Å²) in [5, 5.41) is 0. The summed E-state index contributed by atoms with van der Waals surface area (Å²) in [4.78, 5) is 14.2. The third-order valence-electron chi connectivity index (χ3n) is 1.79. The van der Waals surface area contributed by atoms with Gasteiger partial charge in [0.05, 0.1) is 18.4 Å². The number of methoxy groups -OCH3 is 1. The molecule has 0 N–H and O–H groups in total. The van der Waals surface area contributed by atoms with Gasteiger partial charge in [-0.15, -0.1) is 0 Å². The number of pyridine rings is 1. The van der Waals surface area contributed by atoms with E-state index in [0.29, 0.717) is 6.29 Å². The van der Waals surface area contributed by atoms with Gasteiger partial charge in [-0.05, 0) is 6.92 Å². The molecule has 0 fully saturated rings. The van der Waals surface area contributed by atoms with Gasteiger partial charge in [0.15, 0.2) is 6.29 Å². The molecule has 0 spiro atoms. The highest BCUT2D eigenvalue weighted by molar-refractivity contribution is 5.80. The first-order valence-electron chi connectivity index (χ1n) is 3.89. The van der Waals surface area contributed by atoms with Crippen molar-refractivity contribution in [2.24, 2.45) is 0 Å². The molecule has 76 valence electrons. The molecule has 0 aromatic carbocycles. The van der Waals surface area contributed by atoms with E-state index in [0.717, 1.165) is 6.07 Å². The number of aromatic nitrogens is 1. The maximum atomic E-state index is 12.3. The Kier molecular flexibility index (Phi) is 3.11. The number of carbonyl (C=O) groups excluding carboxylic acids is 1. The smallest absolute Gasteiger partial charge is 0.280 e. The van der Waals surface area contributed by atoms with Crippen LogP contribution in [0.2, 0.25) is 0 Å². The van der Waals surface area contributed by atoms with E-state index in [9.17, 15) is 13.6 Å². The first-order chi connectivity index (χ1) is 6.60. The fourth-order valence-corrected chi connectivity index (χ4v) is 1.10. The predicted molar refractivity (Wildman–Crippen MR) is 45.9 cm³/mol. The minimum absolute atomic E-state index is 0.128. The topological polar surface area (TPSA) is 39.2 Å². The number of halogens is 2. The first-order valence-corrected chi connectivity index (χ1v) is 3.89. The summed E-state index contributed by atoms with van der Waals surface area (Å²) < 4.78 is 29.4. The summed E-state index contributed by atoms with van der Waals surface area (Å²) >= 11 is 0. The van der Waals surface area contributed by atoms with Crippen LogP contribution in [-0.4, -0.2) is 18.4 Å². The Morgan fingerprint density at radius 2 is 2.21 bits per heavy atom. The van der Waals surface area contributed by atoms with Crippen LogP contribution in [0.25, 0.3) is 0 Å². The molecule has 0 radical (unpaired) electrons. The Bertz CT molecular complexity index is 353. The molecule has 1 aromatic rings. The Morgan fingerprint density at radius 1 is 1.57 bits per heavy atom. The van der Waals surface area contributed by atoms with Gasteiger partial charge in [0.1, 0.15) is 11.4 Å². The molecule has 14 heavy (non-hydrogen) atoms. The monoisotopic (exact) mass is 201 g/mol. The maximum absolute atomic E-state index is 12.3. The molecule has 1 rings (SSSR count). The molecule has 0 aliphatic heterocycles. The average Bonchev–Trinajstić information content (AvgIpc) is 2.16. The number of rotatable bonds is 3. The lowest BCUT2D eigenvalue weighted by atomic mass is 10.2. The van der Waals surface area contributed by atoms with Gasteiger partial charge in [0.25, 0.3) is 6.43 Å². The van der Waals surface area contributed by atoms with Crippen LogP contribution in [0.4, 0.5) is 8.78 Å². The summed E-state index contributed by atoms with van der Waals surface area (Å²) in [6, 6.07) is 1.07. The second-order valence-electron chi connectivity index (χ2n) is 2.67. The molecule has 0 saturated carbocycles. The van der Waals surface area contributed by atoms with Crippen LogP contribution in [0.5, 0.6) is 5.75 Å². The van der Waals surface area contributed by atoms with E-state index in [1.165, 1.54) is 14.0 Å². The van der Waals surface area contributed by atoms with Gasteiger partial charge in [-0.1, -0.05) is 0 Å². The van der Waals surface area contributed by atoms with Gasteiger partial charge in [0.2, 0.25) is 0 Å². The SMILES string of the molecule is COc1cc(C(F)F)nc(C)c1C=O. The predicted octanol–water partition coefficient (Wildman–Crippen LogP) is 2.15. The highest BCUT2D eigenvalue weighted by atomic mass is 19.3. The van der Waals surface area contributed by atoms with Gasteiger partial charge >= 0.3 is 0 Å². The van der Waals surface area contributed by atoms with Crippen LogP contribution in [0.3, 0.4) is 0 Å². The van der Waals surface area contributed by atoms with Crippen molar-refractivity contribution in [3.05, 3.63) is 23.0 Å². The lowest BCUT2D eigenvalue weighted by Crippen LogP contribution is -2.01. The van der Waals surface area contributed by atoms with Crippen LogP contribution in [-0.2, 0) is 0 Å². The molecule has 1 aromatic heterocycles. The van der Waals surface area contributed by atoms with Crippen LogP contribution in [0, 0.1) is 6.92 Å². The van der Waals surface area contributed by atoms with Gasteiger partial charge < -0.3 is 4.74 Å². The molecule has 0 bridgehead atoms. The summed E-state index contributed by atoms with van der Waals surface area (Å²) in [6.45, 7) is 1.48. The third kappa shape index (κ3) is 1.86. The third-order valence-corrected chi connectivity index (χ3v) is 1.79. The summed E-state index contributed by atoms with van der Waals surface area (Å²) in [5.74, 6) is 0.128. The molecule has 1 heterocycles. The number of hydrogen-bond acceptors (Lipinski definition) is 3. The van der Waals surface area contributed by atoms with Crippen LogP contribution in [0.15, 0.2) is 6.07 Å². The fourth-order valence-electron chi connectivity index (χ4n) is 1.10. The normalized spacial score (nSPS) is 10.4. The van der Waals surface area contributed by atoms with E-state index in [4.69, 9.17) is 4.74 Å². The molecular weight excluding hydrogens is 192 g/mol. The number of nitrogens with zero attached hydrogens (tertiary/aromatic N) is 1. The van der Waals surface area contributed by atoms with Gasteiger partial charge in [0, 0.05) is 6.07 Å². The van der Waals surface area contributed by atoms with Crippen molar-refractivity contribution in [2.45, 2.75) is 13.3 Å². The number of aldehydes is 1. The Labute approximate surface area is 79.7 Å². The van der Waals surface area contributed by atoms with Crippen LogP contribution >= 0.6 is 0 Å². The van der Waals surface area contributed by atoms with Crippen molar-refractivity contribution in [3.63, 3.8) is 0 Å². The zero-order valence-corrected chi connectivity index (χ0v) is 7.75. The van der Waals surface area contributed by atoms with Crippen molar-refractivity contribution < 1.29 is 18.3 Å². The molecule has 0 atom stereocenters. The molecular formula is C9H9F2NO2. The zero-order chi connectivity index (χ0) is 10.7. The highest BCUT2D eigenvalue weighted by Crippen LogP contribution is 2.25. The van der Waals surface area contributed by atoms with E-state index in [1.54, 1.807) is 0 Å². The van der Waals surface area contributed by atoms with Crippen molar-refractivity contribution in [3.8, 4) is 5.75 Å². The minimum atomic E-state index is -2.66. The number of carbonyl (C=O) groups is 1. The lowest BCUT2D eigenvalue weighted by molar-refractivity contribution is 0.111. The van der Waals surface area contributed by atoms with Crippen LogP contribution in [0.1, 0.15) is 28.2 Å². The number of hydrogen-bond donors (Lipinski definition) is 0. The largest absolute Gasteiger partial charge is 0.496 e. The Morgan fingerprint density at radius 3 is 2.64 bits per heavy atom. The molecule has 0 unspecified atom stereocenters. The van der Waals surface area contributed by atoms with Crippen LogP contribution < -0.4 is 4.74 Å². The van der Waals surface area contributed by atoms with Crippen molar-refractivity contribution in [2.75, 3.05) is 7.11 Å². The second-order valence-corrected chi connectivity index (χ2v) is 2.67. The zero-order valence-electron chi connectivity index (χ0n) is 7.75. The van der Waals surface area contributed by atoms with E-state index in [1.807, 2.05) is 0 Å². The fraction of sp³-hybridized carbons (Fsp3) is 0.333. The molecule has 0 amide bonds. The quantitative estimate of drug-likeness (QED) is 0.703. The van der Waals surface area contributed by atoms with E-state index < -0.39 is 6.43 Å². The average molecular weight is 201 g/mol. The summed E-state index contributed by atoms with van der Waals surface area (Å²) in [5.41, 5.74) is 0.0662. The Hall–Kier alpha value is -1.52. The molecule has 0 saturated heterocycles. The van der Waals surface area contributed by atoms with Crippen molar-refractivity contribution in [1.29, 1.82) is 0 Å². The molecule has 3 nitrogen and oxygen atoms in total. The molecule has 0 aliphatic rings. The van der Waals surface area contributed by atoms with Gasteiger partial charge in [-0.2, -0.15) is 0 Å². The number of alkyl halides is 2. The molecule has 0 aliphatic carbocycles. The number of ether oxygens (including phenoxy) is 1. The van der Waals surface area contributed by atoms with Crippen molar-refractivity contribution in [1.82, 2.24) is 4.98 Å². The maximum Gasteiger partial charge on any atom is 0.280 e. The number of aryl methyl sites for hydroxylation is 1. The summed E-state index contributed by atoms with van der Waals surface area (Å²) in [6.07, 6.45) is -2.13. The lowest BCUT2D eigenvalue weighted by Gasteiger charge is -2.08. The minimum Gasteiger partial charge on any atom is -0.496 e. The van der Waals surface area contributed by atoms with Gasteiger partial charge in [-0.25, -0.2) is 8.78 Å². The Balaban J connectivity index is 3.31. The van der Waals surface area contributed by atoms with E-state index in [2.05, 4.69) is 4.98 Å². The second kappa shape index (κ2) is 4.13. The van der Waals surface area contributed by atoms with Crippen molar-refractivity contribution >= 4 is 6.29 Å². The highest BCUT2D eigenvalue weighted by Gasteiger charge is 2.15. The standard InChI is InChI=1S/C9H9F2NO2/c1-5-6(4-13)8(14-2)3-7(12-5)9(10)11/h3-4,9H,1-2H3.